The molecule has 72 valence electrons. The quantitative estimate of drug-likeness (QED) is 0.584. The first kappa shape index (κ1) is 11.6. The molecule has 0 aromatic rings. The average molecular weight is 171 g/mol. The molecule has 0 spiro atoms. The van der Waals surface area contributed by atoms with Crippen LogP contribution in [-0.4, -0.2) is 44.3 Å². The Morgan fingerprint density at radius 3 is 2.50 bits per heavy atom. The monoisotopic (exact) mass is 171 g/mol. The second-order valence-corrected chi connectivity index (χ2v) is 3.47. The highest BCUT2D eigenvalue weighted by Gasteiger charge is 2.06. The Bertz CT molecular complexity index is 132. The van der Waals surface area contributed by atoms with Crippen molar-refractivity contribution in [3.63, 3.8) is 0 Å². The molecule has 0 aromatic carbocycles. The lowest BCUT2D eigenvalue weighted by Gasteiger charge is -2.19. The standard InChI is InChI=1S/C9H21N3/c1-8(12(3)4)7-9(10)5-6-11-2/h8,10-11H,5-7H2,1-4H3. The minimum absolute atomic E-state index is 0.481. The molecule has 0 aliphatic carbocycles. The second kappa shape index (κ2) is 6.14. The van der Waals surface area contributed by atoms with Crippen LogP contribution in [0.3, 0.4) is 0 Å². The molecule has 1 unspecified atom stereocenters. The molecule has 3 heteroatoms. The van der Waals surface area contributed by atoms with E-state index in [0.29, 0.717) is 6.04 Å². The fourth-order valence-corrected chi connectivity index (χ4v) is 0.917. The molecular formula is C9H21N3. The summed E-state index contributed by atoms with van der Waals surface area (Å²) in [5.74, 6) is 0. The summed E-state index contributed by atoms with van der Waals surface area (Å²) in [6.45, 7) is 3.06. The normalized spacial score (nSPS) is 13.4. The van der Waals surface area contributed by atoms with Crippen LogP contribution in [0.25, 0.3) is 0 Å². The van der Waals surface area contributed by atoms with Crippen molar-refractivity contribution in [1.29, 1.82) is 5.41 Å². The summed E-state index contributed by atoms with van der Waals surface area (Å²) in [4.78, 5) is 2.15. The fourth-order valence-electron chi connectivity index (χ4n) is 0.917. The zero-order chi connectivity index (χ0) is 9.56. The molecule has 2 N–H and O–H groups in total. The first-order chi connectivity index (χ1) is 5.57. The predicted octanol–water partition coefficient (Wildman–Crippen LogP) is 0.956. The lowest BCUT2D eigenvalue weighted by Crippen LogP contribution is -2.27. The third-order valence-electron chi connectivity index (χ3n) is 2.10. The number of hydrogen-bond acceptors (Lipinski definition) is 3. The Hall–Kier alpha value is -0.410. The Morgan fingerprint density at radius 2 is 2.08 bits per heavy atom. The molecule has 3 nitrogen and oxygen atoms in total. The molecule has 0 aromatic heterocycles. The Balaban J connectivity index is 3.54. The smallest absolute Gasteiger partial charge is 0.0117 e. The van der Waals surface area contributed by atoms with Crippen molar-refractivity contribution < 1.29 is 0 Å². The van der Waals surface area contributed by atoms with Crippen LogP contribution in [-0.2, 0) is 0 Å². The molecule has 0 aliphatic rings. The van der Waals surface area contributed by atoms with E-state index in [9.17, 15) is 0 Å². The Morgan fingerprint density at radius 1 is 1.50 bits per heavy atom. The Kier molecular flexibility index (Phi) is 5.93. The van der Waals surface area contributed by atoms with Crippen molar-refractivity contribution in [1.82, 2.24) is 10.2 Å². The summed E-state index contributed by atoms with van der Waals surface area (Å²) >= 11 is 0. The van der Waals surface area contributed by atoms with Gasteiger partial charge in [-0.3, -0.25) is 0 Å². The molecule has 0 saturated carbocycles. The van der Waals surface area contributed by atoms with Gasteiger partial charge < -0.3 is 15.6 Å². The van der Waals surface area contributed by atoms with Gasteiger partial charge in [0.25, 0.3) is 0 Å². The van der Waals surface area contributed by atoms with Crippen LogP contribution in [0.15, 0.2) is 0 Å². The van der Waals surface area contributed by atoms with Gasteiger partial charge in [0, 0.05) is 24.7 Å². The van der Waals surface area contributed by atoms with E-state index in [1.807, 2.05) is 7.05 Å². The molecule has 0 rings (SSSR count). The highest BCUT2D eigenvalue weighted by Crippen LogP contribution is 2.00. The zero-order valence-electron chi connectivity index (χ0n) is 8.65. The van der Waals surface area contributed by atoms with Crippen molar-refractivity contribution in [2.24, 2.45) is 0 Å². The van der Waals surface area contributed by atoms with Gasteiger partial charge in [0.1, 0.15) is 0 Å². The maximum absolute atomic E-state index is 7.65. The van der Waals surface area contributed by atoms with Crippen molar-refractivity contribution >= 4 is 5.71 Å². The maximum Gasteiger partial charge on any atom is 0.0117 e. The molecule has 0 amide bonds. The van der Waals surface area contributed by atoms with Crippen molar-refractivity contribution in [3.8, 4) is 0 Å². The molecule has 12 heavy (non-hydrogen) atoms. The van der Waals surface area contributed by atoms with Crippen molar-refractivity contribution in [2.45, 2.75) is 25.8 Å². The predicted molar refractivity (Wildman–Crippen MR) is 54.0 cm³/mol. The summed E-state index contributed by atoms with van der Waals surface area (Å²) < 4.78 is 0. The van der Waals surface area contributed by atoms with Gasteiger partial charge in [-0.25, -0.2) is 0 Å². The first-order valence-electron chi connectivity index (χ1n) is 4.45. The van der Waals surface area contributed by atoms with Gasteiger partial charge >= 0.3 is 0 Å². The van der Waals surface area contributed by atoms with Crippen LogP contribution >= 0.6 is 0 Å². The minimum atomic E-state index is 0.481. The molecule has 1 atom stereocenters. The minimum Gasteiger partial charge on any atom is -0.319 e. The van der Waals surface area contributed by atoms with Gasteiger partial charge in [0.05, 0.1) is 0 Å². The number of hydrogen-bond donors (Lipinski definition) is 2. The van der Waals surface area contributed by atoms with Crippen LogP contribution in [0, 0.1) is 5.41 Å². The van der Waals surface area contributed by atoms with E-state index >= 15 is 0 Å². The molecule has 0 radical (unpaired) electrons. The van der Waals surface area contributed by atoms with E-state index in [0.717, 1.165) is 25.1 Å². The summed E-state index contributed by atoms with van der Waals surface area (Å²) in [6, 6.07) is 0.481. The third kappa shape index (κ3) is 5.27. The van der Waals surface area contributed by atoms with E-state index < -0.39 is 0 Å². The van der Waals surface area contributed by atoms with Crippen LogP contribution in [0.1, 0.15) is 19.8 Å². The van der Waals surface area contributed by atoms with Gasteiger partial charge in [-0.15, -0.1) is 0 Å². The molecule has 0 aliphatic heterocycles. The highest BCUT2D eigenvalue weighted by molar-refractivity contribution is 5.81. The van der Waals surface area contributed by atoms with Crippen molar-refractivity contribution in [2.75, 3.05) is 27.7 Å². The van der Waals surface area contributed by atoms with Crippen LogP contribution < -0.4 is 5.32 Å². The van der Waals surface area contributed by atoms with Crippen LogP contribution in [0.4, 0.5) is 0 Å². The molecule has 0 saturated heterocycles. The van der Waals surface area contributed by atoms with Crippen molar-refractivity contribution in [3.05, 3.63) is 0 Å². The maximum atomic E-state index is 7.65. The molecule has 0 heterocycles. The summed E-state index contributed by atoms with van der Waals surface area (Å²) in [6.07, 6.45) is 1.75. The number of nitrogens with one attached hydrogen (secondary N) is 2. The Labute approximate surface area is 75.7 Å². The molecular weight excluding hydrogens is 150 g/mol. The largest absolute Gasteiger partial charge is 0.319 e. The van der Waals surface area contributed by atoms with E-state index in [-0.39, 0.29) is 0 Å². The van der Waals surface area contributed by atoms with Gasteiger partial charge in [-0.2, -0.15) is 0 Å². The molecule has 0 fully saturated rings. The van der Waals surface area contributed by atoms with Gasteiger partial charge in [-0.1, -0.05) is 0 Å². The SMILES string of the molecule is CNCCC(=N)CC(C)N(C)C. The zero-order valence-corrected chi connectivity index (χ0v) is 8.65. The first-order valence-corrected chi connectivity index (χ1v) is 4.45. The highest BCUT2D eigenvalue weighted by atomic mass is 15.1. The van der Waals surface area contributed by atoms with Crippen LogP contribution in [0.2, 0.25) is 0 Å². The topological polar surface area (TPSA) is 39.1 Å². The number of nitrogens with zero attached hydrogens (tertiary/aromatic N) is 1. The summed E-state index contributed by atoms with van der Waals surface area (Å²) in [5.41, 5.74) is 0.838. The summed E-state index contributed by atoms with van der Waals surface area (Å²) in [5, 5.41) is 10.7. The lowest BCUT2D eigenvalue weighted by atomic mass is 10.1. The van der Waals surface area contributed by atoms with Gasteiger partial charge in [-0.05, 0) is 34.5 Å². The van der Waals surface area contributed by atoms with Crippen LogP contribution in [0.5, 0.6) is 0 Å². The second-order valence-electron chi connectivity index (χ2n) is 3.47. The third-order valence-corrected chi connectivity index (χ3v) is 2.10. The van der Waals surface area contributed by atoms with E-state index in [2.05, 4.69) is 31.2 Å². The van der Waals surface area contributed by atoms with E-state index in [4.69, 9.17) is 5.41 Å². The number of rotatable bonds is 6. The van der Waals surface area contributed by atoms with E-state index in [1.54, 1.807) is 0 Å². The molecule has 0 bridgehead atoms. The average Bonchev–Trinajstić information content (AvgIpc) is 2.00. The van der Waals surface area contributed by atoms with Gasteiger partial charge in [0.2, 0.25) is 0 Å². The fraction of sp³-hybridized carbons (Fsp3) is 0.889. The van der Waals surface area contributed by atoms with E-state index in [1.165, 1.54) is 0 Å². The lowest BCUT2D eigenvalue weighted by molar-refractivity contribution is 0.320. The summed E-state index contributed by atoms with van der Waals surface area (Å²) in [7, 11) is 6.02. The van der Waals surface area contributed by atoms with Gasteiger partial charge in [0.15, 0.2) is 0 Å².